The van der Waals surface area contributed by atoms with Crippen molar-refractivity contribution in [3.05, 3.63) is 71.8 Å². The topological polar surface area (TPSA) is 25.5 Å². The first-order valence-electron chi connectivity index (χ1n) is 6.48. The summed E-state index contributed by atoms with van der Waals surface area (Å²) in [6, 6.07) is 20.1. The maximum atomic E-state index is 5.92. The molecule has 0 unspecified atom stereocenters. The van der Waals surface area contributed by atoms with E-state index in [0.717, 1.165) is 28.6 Å². The summed E-state index contributed by atoms with van der Waals surface area (Å²) >= 11 is 0. The molecule has 0 radical (unpaired) electrons. The van der Waals surface area contributed by atoms with E-state index in [0.29, 0.717) is 5.55 Å². The van der Waals surface area contributed by atoms with Gasteiger partial charge in [-0.15, -0.1) is 0 Å². The zero-order valence-electron chi connectivity index (χ0n) is 10.8. The second-order valence-corrected chi connectivity index (χ2v) is 4.42. The standard InChI is InChI=1S/C17H15NO/c1-2-13-12-14-8-6-7-11-16(14)19-17(13)18-15-9-4-3-5-10-15/h3-12H,2H2,1H3. The predicted molar refractivity (Wildman–Crippen MR) is 77.3 cm³/mol. The van der Waals surface area contributed by atoms with E-state index >= 15 is 0 Å². The Bertz CT molecular complexity index is 757. The van der Waals surface area contributed by atoms with Gasteiger partial charge < -0.3 is 4.42 Å². The largest absolute Gasteiger partial charge is 0.438 e. The number of hydrogen-bond acceptors (Lipinski definition) is 2. The van der Waals surface area contributed by atoms with Crippen molar-refractivity contribution in [1.29, 1.82) is 0 Å². The lowest BCUT2D eigenvalue weighted by Gasteiger charge is -2.02. The molecule has 2 nitrogen and oxygen atoms in total. The fourth-order valence-electron chi connectivity index (χ4n) is 2.08. The molecule has 94 valence electrons. The number of fused-ring (bicyclic) bond motifs is 1. The molecule has 0 spiro atoms. The van der Waals surface area contributed by atoms with E-state index in [4.69, 9.17) is 4.42 Å². The van der Waals surface area contributed by atoms with Gasteiger partial charge in [0.25, 0.3) is 0 Å². The molecule has 0 saturated heterocycles. The minimum atomic E-state index is 0.701. The highest BCUT2D eigenvalue weighted by Crippen LogP contribution is 2.14. The minimum Gasteiger partial charge on any atom is -0.438 e. The summed E-state index contributed by atoms with van der Waals surface area (Å²) in [6.45, 7) is 2.11. The smallest absolute Gasteiger partial charge is 0.223 e. The molecule has 0 saturated carbocycles. The SMILES string of the molecule is CCc1cc2ccccc2oc1=Nc1ccccc1. The molecule has 0 bridgehead atoms. The number of para-hydroxylation sites is 2. The van der Waals surface area contributed by atoms with E-state index in [-0.39, 0.29) is 0 Å². The van der Waals surface area contributed by atoms with Gasteiger partial charge in [-0.25, -0.2) is 4.99 Å². The van der Waals surface area contributed by atoms with Crippen molar-refractivity contribution in [3.63, 3.8) is 0 Å². The van der Waals surface area contributed by atoms with E-state index in [1.807, 2.05) is 48.5 Å². The molecule has 0 aliphatic carbocycles. The lowest BCUT2D eigenvalue weighted by Crippen LogP contribution is -2.07. The van der Waals surface area contributed by atoms with E-state index in [9.17, 15) is 0 Å². The van der Waals surface area contributed by atoms with Crippen molar-refractivity contribution in [1.82, 2.24) is 0 Å². The summed E-state index contributed by atoms with van der Waals surface area (Å²) in [6.07, 6.45) is 0.903. The third kappa shape index (κ3) is 2.43. The number of hydrogen-bond donors (Lipinski definition) is 0. The Balaban J connectivity index is 2.25. The third-order valence-electron chi connectivity index (χ3n) is 3.10. The normalized spacial score (nSPS) is 11.9. The molecule has 3 rings (SSSR count). The van der Waals surface area contributed by atoms with Crippen molar-refractivity contribution in [3.8, 4) is 0 Å². The van der Waals surface area contributed by atoms with Gasteiger partial charge in [0.05, 0.1) is 5.69 Å². The molecule has 1 aromatic heterocycles. The van der Waals surface area contributed by atoms with E-state index in [1.54, 1.807) is 0 Å². The van der Waals surface area contributed by atoms with Gasteiger partial charge in [0.15, 0.2) is 0 Å². The van der Waals surface area contributed by atoms with Crippen molar-refractivity contribution < 1.29 is 4.42 Å². The van der Waals surface area contributed by atoms with Crippen LogP contribution in [-0.2, 0) is 6.42 Å². The maximum absolute atomic E-state index is 5.92. The summed E-state index contributed by atoms with van der Waals surface area (Å²) in [4.78, 5) is 4.60. The van der Waals surface area contributed by atoms with Crippen LogP contribution in [0, 0.1) is 0 Å². The zero-order chi connectivity index (χ0) is 13.1. The average Bonchev–Trinajstić information content (AvgIpc) is 2.47. The van der Waals surface area contributed by atoms with Crippen LogP contribution in [0.15, 0.2) is 70.1 Å². The molecule has 0 amide bonds. The van der Waals surface area contributed by atoms with Gasteiger partial charge in [0, 0.05) is 10.9 Å². The first-order chi connectivity index (χ1) is 9.36. The van der Waals surface area contributed by atoms with Gasteiger partial charge in [-0.2, -0.15) is 0 Å². The van der Waals surface area contributed by atoms with Crippen LogP contribution < -0.4 is 5.55 Å². The highest BCUT2D eigenvalue weighted by Gasteiger charge is 2.01. The molecule has 2 aromatic carbocycles. The van der Waals surface area contributed by atoms with Gasteiger partial charge in [0.2, 0.25) is 5.55 Å². The lowest BCUT2D eigenvalue weighted by atomic mass is 10.1. The number of aryl methyl sites for hydroxylation is 1. The summed E-state index contributed by atoms with van der Waals surface area (Å²) in [5, 5.41) is 1.12. The fourth-order valence-corrected chi connectivity index (χ4v) is 2.08. The molecule has 0 aliphatic rings. The molecular formula is C17H15NO. The van der Waals surface area contributed by atoms with Crippen LogP contribution in [0.2, 0.25) is 0 Å². The average molecular weight is 249 g/mol. The Morgan fingerprint density at radius 3 is 2.47 bits per heavy atom. The zero-order valence-corrected chi connectivity index (χ0v) is 10.8. The lowest BCUT2D eigenvalue weighted by molar-refractivity contribution is 0.535. The third-order valence-corrected chi connectivity index (χ3v) is 3.10. The number of benzene rings is 2. The summed E-state index contributed by atoms with van der Waals surface area (Å²) in [7, 11) is 0. The van der Waals surface area contributed by atoms with Crippen LogP contribution in [-0.4, -0.2) is 0 Å². The van der Waals surface area contributed by atoms with Crippen LogP contribution in [0.4, 0.5) is 5.69 Å². The van der Waals surface area contributed by atoms with Crippen LogP contribution in [0.3, 0.4) is 0 Å². The first-order valence-corrected chi connectivity index (χ1v) is 6.48. The molecule has 0 atom stereocenters. The van der Waals surface area contributed by atoms with E-state index < -0.39 is 0 Å². The highest BCUT2D eigenvalue weighted by atomic mass is 16.3. The Hall–Kier alpha value is -2.35. The summed E-state index contributed by atoms with van der Waals surface area (Å²) in [5.74, 6) is 0. The monoisotopic (exact) mass is 249 g/mol. The van der Waals surface area contributed by atoms with Gasteiger partial charge >= 0.3 is 0 Å². The fraction of sp³-hybridized carbons (Fsp3) is 0.118. The molecule has 0 aliphatic heterocycles. The van der Waals surface area contributed by atoms with Crippen molar-refractivity contribution in [2.75, 3.05) is 0 Å². The van der Waals surface area contributed by atoms with Crippen LogP contribution in [0.5, 0.6) is 0 Å². The summed E-state index contributed by atoms with van der Waals surface area (Å²) < 4.78 is 5.92. The molecule has 0 N–H and O–H groups in total. The minimum absolute atomic E-state index is 0.701. The molecule has 3 aromatic rings. The molecule has 19 heavy (non-hydrogen) atoms. The molecule has 0 fully saturated rings. The van der Waals surface area contributed by atoms with Gasteiger partial charge in [-0.1, -0.05) is 43.3 Å². The Labute approximate surface area is 112 Å². The van der Waals surface area contributed by atoms with Crippen LogP contribution in [0.25, 0.3) is 11.0 Å². The Morgan fingerprint density at radius 1 is 0.947 bits per heavy atom. The predicted octanol–water partition coefficient (Wildman–Crippen LogP) is 4.23. The van der Waals surface area contributed by atoms with Crippen molar-refractivity contribution >= 4 is 16.7 Å². The second kappa shape index (κ2) is 5.11. The van der Waals surface area contributed by atoms with E-state index in [2.05, 4.69) is 24.0 Å². The number of nitrogens with zero attached hydrogens (tertiary/aromatic N) is 1. The van der Waals surface area contributed by atoms with Crippen LogP contribution >= 0.6 is 0 Å². The second-order valence-electron chi connectivity index (χ2n) is 4.42. The molecular weight excluding hydrogens is 234 g/mol. The van der Waals surface area contributed by atoms with E-state index in [1.165, 1.54) is 0 Å². The number of rotatable bonds is 2. The first kappa shape index (κ1) is 11.7. The van der Waals surface area contributed by atoms with Crippen molar-refractivity contribution in [2.24, 2.45) is 4.99 Å². The Morgan fingerprint density at radius 2 is 1.68 bits per heavy atom. The quantitative estimate of drug-likeness (QED) is 0.667. The van der Waals surface area contributed by atoms with Gasteiger partial charge in [-0.3, -0.25) is 0 Å². The summed E-state index contributed by atoms with van der Waals surface area (Å²) in [5.41, 5.74) is 3.61. The maximum Gasteiger partial charge on any atom is 0.223 e. The molecule has 1 heterocycles. The Kier molecular flexibility index (Phi) is 3.15. The van der Waals surface area contributed by atoms with Gasteiger partial charge in [0.1, 0.15) is 5.58 Å². The van der Waals surface area contributed by atoms with Gasteiger partial charge in [-0.05, 0) is 30.7 Å². The highest BCUT2D eigenvalue weighted by molar-refractivity contribution is 5.76. The van der Waals surface area contributed by atoms with Crippen LogP contribution in [0.1, 0.15) is 12.5 Å². The van der Waals surface area contributed by atoms with Crippen molar-refractivity contribution in [2.45, 2.75) is 13.3 Å². The molecule has 2 heteroatoms.